The van der Waals surface area contributed by atoms with Crippen LogP contribution in [0.2, 0.25) is 0 Å². The third kappa shape index (κ3) is 3.45. The van der Waals surface area contributed by atoms with Crippen LogP contribution < -0.4 is 10.0 Å². The summed E-state index contributed by atoms with van der Waals surface area (Å²) in [5.74, 6) is 0. The van der Waals surface area contributed by atoms with Crippen molar-refractivity contribution in [3.8, 4) is 0 Å². The predicted octanol–water partition coefficient (Wildman–Crippen LogP) is 2.69. The van der Waals surface area contributed by atoms with E-state index < -0.39 is 10.0 Å². The third-order valence-electron chi connectivity index (χ3n) is 2.42. The van der Waals surface area contributed by atoms with Gasteiger partial charge in [-0.1, -0.05) is 0 Å². The number of benzene rings is 1. The lowest BCUT2D eigenvalue weighted by Gasteiger charge is -2.08. The van der Waals surface area contributed by atoms with Gasteiger partial charge < -0.3 is 5.32 Å². The quantitative estimate of drug-likeness (QED) is 0.896. The number of aromatic nitrogens is 1. The minimum absolute atomic E-state index is 0.111. The molecule has 0 saturated carbocycles. The van der Waals surface area contributed by atoms with E-state index in [2.05, 4.69) is 31.0 Å². The Kier molecular flexibility index (Phi) is 4.06. The second-order valence-electron chi connectivity index (χ2n) is 3.77. The molecule has 0 radical (unpaired) electrons. The number of pyridine rings is 1. The molecule has 100 valence electrons. The van der Waals surface area contributed by atoms with Crippen LogP contribution >= 0.6 is 15.9 Å². The van der Waals surface area contributed by atoms with Crippen LogP contribution in [0.4, 0.5) is 11.4 Å². The molecule has 0 aliphatic heterocycles. The molecular weight excluding hydrogens is 330 g/mol. The third-order valence-corrected chi connectivity index (χ3v) is 4.20. The standard InChI is InChI=1S/C12H12BrN3O2S/c1-14-10-2-4-11(5-3-10)16-19(17,18)12-6-9(13)7-15-8-12/h2-8,14,16H,1H3. The summed E-state index contributed by atoms with van der Waals surface area (Å²) in [4.78, 5) is 3.95. The van der Waals surface area contributed by atoms with E-state index in [4.69, 9.17) is 0 Å². The van der Waals surface area contributed by atoms with Crippen LogP contribution in [-0.4, -0.2) is 20.4 Å². The number of halogens is 1. The van der Waals surface area contributed by atoms with Gasteiger partial charge in [-0.3, -0.25) is 9.71 Å². The van der Waals surface area contributed by atoms with Crippen LogP contribution in [0.25, 0.3) is 0 Å². The fourth-order valence-corrected chi connectivity index (χ4v) is 3.02. The molecule has 5 nitrogen and oxygen atoms in total. The molecule has 0 bridgehead atoms. The molecule has 0 unspecified atom stereocenters. The first kappa shape index (κ1) is 13.8. The van der Waals surface area contributed by atoms with E-state index in [1.165, 1.54) is 18.5 Å². The maximum atomic E-state index is 12.1. The van der Waals surface area contributed by atoms with Crippen LogP contribution in [0.3, 0.4) is 0 Å². The van der Waals surface area contributed by atoms with E-state index >= 15 is 0 Å². The fourth-order valence-electron chi connectivity index (χ4n) is 1.46. The van der Waals surface area contributed by atoms with Crippen molar-refractivity contribution < 1.29 is 8.42 Å². The lowest BCUT2D eigenvalue weighted by Crippen LogP contribution is -2.13. The van der Waals surface area contributed by atoms with E-state index in [0.717, 1.165) is 5.69 Å². The fraction of sp³-hybridized carbons (Fsp3) is 0.0833. The van der Waals surface area contributed by atoms with Crippen LogP contribution in [0.5, 0.6) is 0 Å². The van der Waals surface area contributed by atoms with Crippen LogP contribution in [0.1, 0.15) is 0 Å². The Morgan fingerprint density at radius 3 is 2.32 bits per heavy atom. The lowest BCUT2D eigenvalue weighted by molar-refractivity contribution is 0.600. The maximum absolute atomic E-state index is 12.1. The lowest BCUT2D eigenvalue weighted by atomic mass is 10.3. The highest BCUT2D eigenvalue weighted by molar-refractivity contribution is 9.10. The second kappa shape index (κ2) is 5.58. The molecule has 0 amide bonds. The highest BCUT2D eigenvalue weighted by Gasteiger charge is 2.14. The van der Waals surface area contributed by atoms with Gasteiger partial charge in [0.25, 0.3) is 10.0 Å². The zero-order chi connectivity index (χ0) is 13.9. The molecular formula is C12H12BrN3O2S. The van der Waals surface area contributed by atoms with Crippen molar-refractivity contribution in [1.82, 2.24) is 4.98 Å². The molecule has 0 atom stereocenters. The SMILES string of the molecule is CNc1ccc(NS(=O)(=O)c2cncc(Br)c2)cc1. The topological polar surface area (TPSA) is 71.1 Å². The molecule has 0 saturated heterocycles. The summed E-state index contributed by atoms with van der Waals surface area (Å²) < 4.78 is 27.4. The summed E-state index contributed by atoms with van der Waals surface area (Å²) in [6.07, 6.45) is 2.83. The van der Waals surface area contributed by atoms with Crippen molar-refractivity contribution in [1.29, 1.82) is 0 Å². The van der Waals surface area contributed by atoms with Crippen molar-refractivity contribution in [2.24, 2.45) is 0 Å². The minimum atomic E-state index is -3.62. The molecule has 1 aromatic carbocycles. The Morgan fingerprint density at radius 1 is 1.11 bits per heavy atom. The molecule has 7 heteroatoms. The van der Waals surface area contributed by atoms with E-state index in [9.17, 15) is 8.42 Å². The molecule has 19 heavy (non-hydrogen) atoms. The molecule has 0 spiro atoms. The Labute approximate surface area is 120 Å². The van der Waals surface area contributed by atoms with Gasteiger partial charge in [-0.15, -0.1) is 0 Å². The number of hydrogen-bond donors (Lipinski definition) is 2. The largest absolute Gasteiger partial charge is 0.388 e. The summed E-state index contributed by atoms with van der Waals surface area (Å²) in [6, 6.07) is 8.45. The maximum Gasteiger partial charge on any atom is 0.263 e. The second-order valence-corrected chi connectivity index (χ2v) is 6.37. The summed E-state index contributed by atoms with van der Waals surface area (Å²) in [6.45, 7) is 0. The number of rotatable bonds is 4. The van der Waals surface area contributed by atoms with Crippen molar-refractivity contribution in [3.63, 3.8) is 0 Å². The molecule has 0 fully saturated rings. The molecule has 1 aromatic heterocycles. The zero-order valence-corrected chi connectivity index (χ0v) is 12.5. The van der Waals surface area contributed by atoms with Crippen molar-refractivity contribution in [3.05, 3.63) is 47.2 Å². The average molecular weight is 342 g/mol. The first-order valence-electron chi connectivity index (χ1n) is 5.42. The summed E-state index contributed by atoms with van der Waals surface area (Å²) in [5, 5.41) is 2.96. The van der Waals surface area contributed by atoms with Crippen LogP contribution in [0.15, 0.2) is 52.1 Å². The molecule has 0 aliphatic rings. The van der Waals surface area contributed by atoms with E-state index in [1.807, 2.05) is 0 Å². The molecule has 2 rings (SSSR count). The van der Waals surface area contributed by atoms with E-state index in [-0.39, 0.29) is 4.90 Å². The zero-order valence-electron chi connectivity index (χ0n) is 10.1. The summed E-state index contributed by atoms with van der Waals surface area (Å²) in [7, 11) is -1.82. The number of hydrogen-bond acceptors (Lipinski definition) is 4. The monoisotopic (exact) mass is 341 g/mol. The van der Waals surface area contributed by atoms with Gasteiger partial charge in [-0.25, -0.2) is 8.42 Å². The summed E-state index contributed by atoms with van der Waals surface area (Å²) in [5.41, 5.74) is 1.41. The van der Waals surface area contributed by atoms with Gasteiger partial charge in [0.05, 0.1) is 0 Å². The molecule has 2 aromatic rings. The number of nitrogens with zero attached hydrogens (tertiary/aromatic N) is 1. The van der Waals surface area contributed by atoms with Gasteiger partial charge >= 0.3 is 0 Å². The van der Waals surface area contributed by atoms with Crippen LogP contribution in [0, 0.1) is 0 Å². The van der Waals surface area contributed by atoms with Gasteiger partial charge in [0.15, 0.2) is 0 Å². The Bertz CT molecular complexity index is 672. The Morgan fingerprint density at radius 2 is 1.74 bits per heavy atom. The number of nitrogens with one attached hydrogen (secondary N) is 2. The average Bonchev–Trinajstić information content (AvgIpc) is 2.39. The summed E-state index contributed by atoms with van der Waals surface area (Å²) >= 11 is 3.20. The smallest absolute Gasteiger partial charge is 0.263 e. The number of sulfonamides is 1. The first-order valence-corrected chi connectivity index (χ1v) is 7.70. The molecule has 0 aliphatic carbocycles. The Hall–Kier alpha value is -1.60. The van der Waals surface area contributed by atoms with Crippen molar-refractivity contribution in [2.75, 3.05) is 17.1 Å². The highest BCUT2D eigenvalue weighted by atomic mass is 79.9. The van der Waals surface area contributed by atoms with Crippen molar-refractivity contribution in [2.45, 2.75) is 4.90 Å². The van der Waals surface area contributed by atoms with E-state index in [0.29, 0.717) is 10.2 Å². The number of anilines is 2. The van der Waals surface area contributed by atoms with Gasteiger partial charge in [-0.05, 0) is 46.3 Å². The molecule has 1 heterocycles. The van der Waals surface area contributed by atoms with Crippen LogP contribution in [-0.2, 0) is 10.0 Å². The van der Waals surface area contributed by atoms with Gasteiger partial charge in [0.2, 0.25) is 0 Å². The van der Waals surface area contributed by atoms with Crippen molar-refractivity contribution >= 4 is 37.3 Å². The van der Waals surface area contributed by atoms with Gasteiger partial charge in [0.1, 0.15) is 4.90 Å². The normalized spacial score (nSPS) is 11.1. The Balaban J connectivity index is 2.25. The first-order chi connectivity index (χ1) is 9.01. The highest BCUT2D eigenvalue weighted by Crippen LogP contribution is 2.19. The van der Waals surface area contributed by atoms with E-state index in [1.54, 1.807) is 31.3 Å². The predicted molar refractivity (Wildman–Crippen MR) is 78.7 cm³/mol. The van der Waals surface area contributed by atoms with Gasteiger partial charge in [-0.2, -0.15) is 0 Å². The molecule has 2 N–H and O–H groups in total. The minimum Gasteiger partial charge on any atom is -0.388 e. The van der Waals surface area contributed by atoms with Gasteiger partial charge in [0, 0.05) is 35.3 Å².